The van der Waals surface area contributed by atoms with Crippen molar-refractivity contribution in [2.75, 3.05) is 25.1 Å². The lowest BCUT2D eigenvalue weighted by atomic mass is 9.90. The molecule has 0 saturated carbocycles. The molecule has 0 bridgehead atoms. The summed E-state index contributed by atoms with van der Waals surface area (Å²) in [5.41, 5.74) is 1.70. The first kappa shape index (κ1) is 16.5. The van der Waals surface area contributed by atoms with Crippen molar-refractivity contribution >= 4 is 17.5 Å². The number of anilines is 1. The molecule has 0 aliphatic carbocycles. The average molecular weight is 363 g/mol. The van der Waals surface area contributed by atoms with Crippen molar-refractivity contribution in [1.82, 2.24) is 10.0 Å². The van der Waals surface area contributed by atoms with Gasteiger partial charge in [0.2, 0.25) is 5.91 Å². The van der Waals surface area contributed by atoms with Gasteiger partial charge in [-0.25, -0.2) is 14.9 Å². The Kier molecular flexibility index (Phi) is 3.77. The Morgan fingerprint density at radius 1 is 0.852 bits per heavy atom. The minimum atomic E-state index is -0.410. The number of hydrazine groups is 1. The zero-order valence-electron chi connectivity index (χ0n) is 15.1. The molecular weight excluding hydrogens is 342 g/mol. The highest BCUT2D eigenvalue weighted by atomic mass is 16.5. The van der Waals surface area contributed by atoms with Crippen LogP contribution >= 0.6 is 0 Å². The molecule has 0 aromatic heterocycles. The molecule has 0 radical (unpaired) electrons. The van der Waals surface area contributed by atoms with Crippen LogP contribution < -0.4 is 9.64 Å². The highest BCUT2D eigenvalue weighted by Gasteiger charge is 2.62. The highest BCUT2D eigenvalue weighted by molar-refractivity contribution is 6.24. The van der Waals surface area contributed by atoms with Crippen LogP contribution in [0.4, 0.5) is 5.69 Å². The summed E-state index contributed by atoms with van der Waals surface area (Å²) in [5.74, 6) is 0.0899. The smallest absolute Gasteiger partial charge is 0.253 e. The number of rotatable bonds is 3. The fourth-order valence-electron chi connectivity index (χ4n) is 4.75. The van der Waals surface area contributed by atoms with Gasteiger partial charge in [0.05, 0.1) is 24.8 Å². The van der Waals surface area contributed by atoms with E-state index in [-0.39, 0.29) is 23.8 Å². The summed E-state index contributed by atoms with van der Waals surface area (Å²) in [4.78, 5) is 28.0. The minimum Gasteiger partial charge on any atom is -0.497 e. The zero-order valence-corrected chi connectivity index (χ0v) is 15.1. The van der Waals surface area contributed by atoms with E-state index in [0.29, 0.717) is 11.4 Å². The third kappa shape index (κ3) is 2.33. The van der Waals surface area contributed by atoms with Gasteiger partial charge in [-0.3, -0.25) is 9.59 Å². The predicted octanol–water partition coefficient (Wildman–Crippen LogP) is 2.23. The van der Waals surface area contributed by atoms with Crippen molar-refractivity contribution in [2.45, 2.75) is 18.5 Å². The van der Waals surface area contributed by atoms with Crippen LogP contribution in [0.2, 0.25) is 0 Å². The zero-order chi connectivity index (χ0) is 18.5. The summed E-state index contributed by atoms with van der Waals surface area (Å²) < 4.78 is 5.19. The molecule has 27 heavy (non-hydrogen) atoms. The monoisotopic (exact) mass is 363 g/mol. The number of imide groups is 1. The van der Waals surface area contributed by atoms with Crippen molar-refractivity contribution in [3.05, 3.63) is 60.2 Å². The number of methoxy groups -OCH3 is 1. The van der Waals surface area contributed by atoms with E-state index in [4.69, 9.17) is 4.74 Å². The van der Waals surface area contributed by atoms with Crippen LogP contribution in [0.3, 0.4) is 0 Å². The number of hydrogen-bond acceptors (Lipinski definition) is 5. The maximum atomic E-state index is 13.4. The molecule has 0 unspecified atom stereocenters. The van der Waals surface area contributed by atoms with Gasteiger partial charge < -0.3 is 4.74 Å². The first-order chi connectivity index (χ1) is 13.2. The summed E-state index contributed by atoms with van der Waals surface area (Å²) in [6, 6.07) is 16.7. The van der Waals surface area contributed by atoms with Crippen molar-refractivity contribution in [3.63, 3.8) is 0 Å². The van der Waals surface area contributed by atoms with Gasteiger partial charge in [0, 0.05) is 13.1 Å². The number of ether oxygens (including phenoxy) is 1. The topological polar surface area (TPSA) is 53.1 Å². The van der Waals surface area contributed by atoms with Gasteiger partial charge in [-0.2, -0.15) is 0 Å². The summed E-state index contributed by atoms with van der Waals surface area (Å²) in [5, 5.41) is 4.35. The van der Waals surface area contributed by atoms with E-state index in [1.54, 1.807) is 31.4 Å². The van der Waals surface area contributed by atoms with E-state index in [0.717, 1.165) is 25.1 Å². The van der Waals surface area contributed by atoms with E-state index in [2.05, 4.69) is 22.2 Å². The number of fused-ring (bicyclic) bond motifs is 3. The van der Waals surface area contributed by atoms with Crippen LogP contribution in [0, 0.1) is 5.92 Å². The predicted molar refractivity (Wildman–Crippen MR) is 100.0 cm³/mol. The van der Waals surface area contributed by atoms with Crippen molar-refractivity contribution in [1.29, 1.82) is 0 Å². The fourth-order valence-corrected chi connectivity index (χ4v) is 4.75. The molecule has 0 N–H and O–H groups in total. The van der Waals surface area contributed by atoms with Crippen LogP contribution in [-0.4, -0.2) is 48.1 Å². The highest BCUT2D eigenvalue weighted by Crippen LogP contribution is 2.48. The summed E-state index contributed by atoms with van der Waals surface area (Å²) >= 11 is 0. The largest absolute Gasteiger partial charge is 0.497 e. The van der Waals surface area contributed by atoms with Crippen LogP contribution in [0.25, 0.3) is 0 Å². The van der Waals surface area contributed by atoms with Gasteiger partial charge in [-0.05, 0) is 36.2 Å². The van der Waals surface area contributed by atoms with E-state index in [1.165, 1.54) is 4.90 Å². The molecule has 3 heterocycles. The molecule has 3 saturated heterocycles. The van der Waals surface area contributed by atoms with E-state index >= 15 is 0 Å². The molecule has 138 valence electrons. The Labute approximate surface area is 157 Å². The third-order valence-electron chi connectivity index (χ3n) is 5.88. The first-order valence-corrected chi connectivity index (χ1v) is 9.31. The average Bonchev–Trinajstić information content (AvgIpc) is 3.35. The maximum Gasteiger partial charge on any atom is 0.253 e. The number of hydrogen-bond donors (Lipinski definition) is 0. The second kappa shape index (κ2) is 6.18. The lowest BCUT2D eigenvalue weighted by Crippen LogP contribution is -2.44. The molecule has 2 aromatic rings. The molecule has 3 fully saturated rings. The number of nitrogens with zero attached hydrogens (tertiary/aromatic N) is 3. The Morgan fingerprint density at radius 2 is 1.52 bits per heavy atom. The van der Waals surface area contributed by atoms with Crippen LogP contribution in [0.15, 0.2) is 54.6 Å². The molecule has 3 atom stereocenters. The standard InChI is InChI=1S/C21H21N3O3/c1-27-16-10-8-15(9-11-16)24-20(25)17-18(14-6-3-2-4-7-14)22-12-5-13-23(22)19(17)21(24)26/h2-4,6-11,17-19H,5,12-13H2,1H3/t17-,18-,19+/m0/s1. The third-order valence-corrected chi connectivity index (χ3v) is 5.88. The Hall–Kier alpha value is -2.70. The number of carbonyl (C=O) groups is 2. The van der Waals surface area contributed by atoms with Crippen molar-refractivity contribution < 1.29 is 14.3 Å². The normalized spacial score (nSPS) is 27.9. The summed E-state index contributed by atoms with van der Waals surface area (Å²) in [6.45, 7) is 1.70. The lowest BCUT2D eigenvalue weighted by Gasteiger charge is -2.29. The van der Waals surface area contributed by atoms with Gasteiger partial charge in [0.1, 0.15) is 11.8 Å². The molecule has 2 aromatic carbocycles. The van der Waals surface area contributed by atoms with Gasteiger partial charge in [0.15, 0.2) is 0 Å². The minimum absolute atomic E-state index is 0.0848. The molecule has 5 rings (SSSR count). The first-order valence-electron chi connectivity index (χ1n) is 9.31. The van der Waals surface area contributed by atoms with Gasteiger partial charge in [-0.1, -0.05) is 30.3 Å². The van der Waals surface area contributed by atoms with E-state index in [1.807, 2.05) is 18.2 Å². The molecular formula is C21H21N3O3. The van der Waals surface area contributed by atoms with Crippen molar-refractivity contribution in [3.8, 4) is 5.75 Å². The Bertz CT molecular complexity index is 883. The number of benzene rings is 2. The second-order valence-electron chi connectivity index (χ2n) is 7.22. The van der Waals surface area contributed by atoms with Crippen LogP contribution in [-0.2, 0) is 9.59 Å². The van der Waals surface area contributed by atoms with Crippen LogP contribution in [0.5, 0.6) is 5.75 Å². The molecule has 3 aliphatic rings. The fraction of sp³-hybridized carbons (Fsp3) is 0.333. The van der Waals surface area contributed by atoms with Crippen LogP contribution in [0.1, 0.15) is 18.0 Å². The van der Waals surface area contributed by atoms with E-state index in [9.17, 15) is 9.59 Å². The van der Waals surface area contributed by atoms with Gasteiger partial charge >= 0.3 is 0 Å². The Balaban J connectivity index is 1.55. The lowest BCUT2D eigenvalue weighted by molar-refractivity contribution is -0.126. The number of amides is 2. The molecule has 2 amide bonds. The molecule has 6 nitrogen and oxygen atoms in total. The van der Waals surface area contributed by atoms with Gasteiger partial charge in [-0.15, -0.1) is 0 Å². The SMILES string of the molecule is COc1ccc(N2C(=O)[C@@H]3[C@H](C2=O)N2CCCN2[C@H]3c2ccccc2)cc1. The second-order valence-corrected chi connectivity index (χ2v) is 7.22. The van der Waals surface area contributed by atoms with E-state index < -0.39 is 6.04 Å². The molecule has 0 spiro atoms. The maximum absolute atomic E-state index is 13.4. The van der Waals surface area contributed by atoms with Crippen molar-refractivity contribution in [2.24, 2.45) is 5.92 Å². The molecule has 6 heteroatoms. The quantitative estimate of drug-likeness (QED) is 0.783. The van der Waals surface area contributed by atoms with Gasteiger partial charge in [0.25, 0.3) is 5.91 Å². The summed E-state index contributed by atoms with van der Waals surface area (Å²) in [6.07, 6.45) is 1.01. The molecule has 3 aliphatic heterocycles. The number of carbonyl (C=O) groups excluding carboxylic acids is 2. The Morgan fingerprint density at radius 3 is 2.19 bits per heavy atom. The summed E-state index contributed by atoms with van der Waals surface area (Å²) in [7, 11) is 1.60.